The minimum Gasteiger partial charge on any atom is -0.466 e. The molecule has 1 saturated heterocycles. The minimum absolute atomic E-state index is 0.0389. The molecule has 0 aromatic heterocycles. The van der Waals surface area contributed by atoms with E-state index in [-0.39, 0.29) is 23.3 Å². The first kappa shape index (κ1) is 15.7. The molecule has 1 fully saturated rings. The third-order valence-corrected chi connectivity index (χ3v) is 6.84. The second-order valence-corrected chi connectivity index (χ2v) is 7.78. The van der Waals surface area contributed by atoms with Gasteiger partial charge < -0.3 is 15.0 Å². The van der Waals surface area contributed by atoms with Gasteiger partial charge in [-0.2, -0.15) is 0 Å². The number of benzene rings is 1. The van der Waals surface area contributed by atoms with Gasteiger partial charge in [0, 0.05) is 29.8 Å². The van der Waals surface area contributed by atoms with Crippen LogP contribution in [-0.2, 0) is 19.7 Å². The predicted molar refractivity (Wildman–Crippen MR) is 97.4 cm³/mol. The number of para-hydroxylation sites is 1. The molecule has 3 atom stereocenters. The Kier molecular flexibility index (Phi) is 3.01. The van der Waals surface area contributed by atoms with Crippen molar-refractivity contribution in [2.45, 2.75) is 37.6 Å². The number of hydrogen-bond acceptors (Lipinski definition) is 4. The van der Waals surface area contributed by atoms with E-state index >= 15 is 0 Å². The molecule has 3 aliphatic heterocycles. The maximum Gasteiger partial charge on any atom is 0.335 e. The summed E-state index contributed by atoms with van der Waals surface area (Å²) < 4.78 is 5.14. The average Bonchev–Trinajstić information content (AvgIpc) is 3.17. The van der Waals surface area contributed by atoms with Gasteiger partial charge in [0.05, 0.1) is 24.1 Å². The monoisotopic (exact) mass is 350 g/mol. The van der Waals surface area contributed by atoms with Crippen LogP contribution >= 0.6 is 0 Å². The number of hydrogen-bond donors (Lipinski definition) is 1. The lowest BCUT2D eigenvalue weighted by atomic mass is 9.55. The molecule has 134 valence electrons. The maximum atomic E-state index is 13.0. The first-order valence-electron chi connectivity index (χ1n) is 9.23. The molecule has 0 unspecified atom stereocenters. The van der Waals surface area contributed by atoms with Gasteiger partial charge in [-0.25, -0.2) is 4.79 Å². The molecular formula is C21H22N2O3. The number of fused-ring (bicyclic) bond motifs is 1. The Morgan fingerprint density at radius 2 is 2.15 bits per heavy atom. The topological polar surface area (TPSA) is 58.6 Å². The SMILES string of the molecule is CC[C@]12C=CCN3C(=O)C[C@]4(C(=C(C(=O)OC)C1)Nc1ccccc14)[C@@H]32. The van der Waals surface area contributed by atoms with Crippen LogP contribution in [0.1, 0.15) is 31.7 Å². The number of ether oxygens (including phenoxy) is 1. The Morgan fingerprint density at radius 1 is 1.35 bits per heavy atom. The number of carbonyl (C=O) groups excluding carboxylic acids is 2. The summed E-state index contributed by atoms with van der Waals surface area (Å²) in [5.74, 6) is -0.130. The summed E-state index contributed by atoms with van der Waals surface area (Å²) in [7, 11) is 1.43. The number of rotatable bonds is 2. The number of anilines is 1. The van der Waals surface area contributed by atoms with Crippen LogP contribution in [0.25, 0.3) is 0 Å². The van der Waals surface area contributed by atoms with E-state index in [2.05, 4.69) is 30.5 Å². The van der Waals surface area contributed by atoms with E-state index < -0.39 is 5.41 Å². The zero-order valence-electron chi connectivity index (χ0n) is 15.0. The van der Waals surface area contributed by atoms with Gasteiger partial charge in [-0.3, -0.25) is 4.79 Å². The number of nitrogens with one attached hydrogen (secondary N) is 1. The highest BCUT2D eigenvalue weighted by atomic mass is 16.5. The van der Waals surface area contributed by atoms with Crippen LogP contribution in [0.2, 0.25) is 0 Å². The third kappa shape index (κ3) is 1.62. The number of carbonyl (C=O) groups is 2. The van der Waals surface area contributed by atoms with Crippen molar-refractivity contribution in [3.8, 4) is 0 Å². The highest BCUT2D eigenvalue weighted by Crippen LogP contribution is 2.64. The average molecular weight is 350 g/mol. The molecule has 1 N–H and O–H groups in total. The van der Waals surface area contributed by atoms with Crippen LogP contribution in [0.4, 0.5) is 5.69 Å². The molecule has 26 heavy (non-hydrogen) atoms. The van der Waals surface area contributed by atoms with Gasteiger partial charge in [0.1, 0.15) is 0 Å². The third-order valence-electron chi connectivity index (χ3n) is 6.84. The Balaban J connectivity index is 1.86. The van der Waals surface area contributed by atoms with E-state index in [4.69, 9.17) is 4.74 Å². The van der Waals surface area contributed by atoms with Crippen molar-refractivity contribution >= 4 is 17.6 Å². The summed E-state index contributed by atoms with van der Waals surface area (Å²) >= 11 is 0. The van der Waals surface area contributed by atoms with Crippen molar-refractivity contribution in [3.05, 3.63) is 53.3 Å². The highest BCUT2D eigenvalue weighted by molar-refractivity contribution is 5.96. The summed E-state index contributed by atoms with van der Waals surface area (Å²) in [5.41, 5.74) is 2.96. The fourth-order valence-corrected chi connectivity index (χ4v) is 5.83. The van der Waals surface area contributed by atoms with E-state index in [1.165, 1.54) is 7.11 Å². The smallest absolute Gasteiger partial charge is 0.335 e. The fraction of sp³-hybridized carbons (Fsp3) is 0.429. The minimum atomic E-state index is -0.490. The molecule has 5 rings (SSSR count). The molecule has 1 aliphatic carbocycles. The van der Waals surface area contributed by atoms with Crippen LogP contribution in [0.15, 0.2) is 47.7 Å². The molecule has 4 aliphatic rings. The molecule has 1 spiro atoms. The summed E-state index contributed by atoms with van der Waals surface area (Å²) in [6.45, 7) is 2.80. The van der Waals surface area contributed by atoms with Crippen molar-refractivity contribution in [2.24, 2.45) is 5.41 Å². The standard InChI is InChI=1S/C21H22N2O3/c1-3-20-9-6-10-23-16(24)12-21(19(20)23)14-7-4-5-8-15(14)22-17(21)13(11-20)18(25)26-2/h4-9,19,22H,3,10-12H2,1-2H3/t19-,20-,21-/m0/s1. The summed E-state index contributed by atoms with van der Waals surface area (Å²) in [4.78, 5) is 27.8. The Labute approximate surface area is 152 Å². The maximum absolute atomic E-state index is 13.0. The van der Waals surface area contributed by atoms with E-state index in [1.54, 1.807) is 0 Å². The summed E-state index contributed by atoms with van der Waals surface area (Å²) in [6.07, 6.45) is 6.20. The Bertz CT molecular complexity index is 902. The lowest BCUT2D eigenvalue weighted by Crippen LogP contribution is -2.58. The van der Waals surface area contributed by atoms with Crippen molar-refractivity contribution < 1.29 is 14.3 Å². The van der Waals surface area contributed by atoms with E-state index in [0.29, 0.717) is 25.0 Å². The Hall–Kier alpha value is -2.56. The molecule has 0 radical (unpaired) electrons. The van der Waals surface area contributed by atoms with Crippen LogP contribution in [0.5, 0.6) is 0 Å². The second kappa shape index (κ2) is 5.00. The number of methoxy groups -OCH3 is 1. The van der Waals surface area contributed by atoms with Crippen LogP contribution < -0.4 is 5.32 Å². The lowest BCUT2D eigenvalue weighted by Gasteiger charge is -2.53. The fourth-order valence-electron chi connectivity index (χ4n) is 5.83. The first-order valence-corrected chi connectivity index (χ1v) is 9.23. The normalized spacial score (nSPS) is 33.5. The van der Waals surface area contributed by atoms with Gasteiger partial charge in [-0.15, -0.1) is 0 Å². The van der Waals surface area contributed by atoms with Gasteiger partial charge in [-0.05, 0) is 24.5 Å². The molecule has 1 amide bonds. The zero-order valence-corrected chi connectivity index (χ0v) is 15.0. The van der Waals surface area contributed by atoms with Crippen LogP contribution in [0, 0.1) is 5.41 Å². The molecular weight excluding hydrogens is 328 g/mol. The molecule has 0 saturated carbocycles. The largest absolute Gasteiger partial charge is 0.466 e. The molecule has 3 heterocycles. The highest BCUT2D eigenvalue weighted by Gasteiger charge is 2.67. The first-order chi connectivity index (χ1) is 12.6. The van der Waals surface area contributed by atoms with E-state index in [9.17, 15) is 9.59 Å². The van der Waals surface area contributed by atoms with Gasteiger partial charge in [-0.1, -0.05) is 37.3 Å². The van der Waals surface area contributed by atoms with Gasteiger partial charge in [0.2, 0.25) is 5.91 Å². The molecule has 0 bridgehead atoms. The zero-order chi connectivity index (χ0) is 18.1. The van der Waals surface area contributed by atoms with Crippen LogP contribution in [0.3, 0.4) is 0 Å². The van der Waals surface area contributed by atoms with Crippen molar-refractivity contribution in [1.82, 2.24) is 4.90 Å². The number of amides is 1. The molecule has 1 aromatic carbocycles. The lowest BCUT2D eigenvalue weighted by molar-refractivity contribution is -0.137. The van der Waals surface area contributed by atoms with E-state index in [0.717, 1.165) is 23.4 Å². The summed E-state index contributed by atoms with van der Waals surface area (Å²) in [6, 6.07) is 8.18. The number of esters is 1. The quantitative estimate of drug-likeness (QED) is 0.658. The van der Waals surface area contributed by atoms with Crippen LogP contribution in [-0.4, -0.2) is 36.5 Å². The molecule has 1 aromatic rings. The van der Waals surface area contributed by atoms with Crippen molar-refractivity contribution in [1.29, 1.82) is 0 Å². The predicted octanol–water partition coefficient (Wildman–Crippen LogP) is 2.75. The Morgan fingerprint density at radius 3 is 2.92 bits per heavy atom. The number of nitrogens with zero attached hydrogens (tertiary/aromatic N) is 1. The second-order valence-electron chi connectivity index (χ2n) is 7.78. The van der Waals surface area contributed by atoms with Gasteiger partial charge in [0.15, 0.2) is 0 Å². The van der Waals surface area contributed by atoms with Crippen molar-refractivity contribution in [2.75, 3.05) is 19.0 Å². The van der Waals surface area contributed by atoms with Gasteiger partial charge >= 0.3 is 5.97 Å². The van der Waals surface area contributed by atoms with E-state index in [1.807, 2.05) is 23.1 Å². The molecule has 5 nitrogen and oxygen atoms in total. The van der Waals surface area contributed by atoms with Crippen molar-refractivity contribution in [3.63, 3.8) is 0 Å². The summed E-state index contributed by atoms with van der Waals surface area (Å²) in [5, 5.41) is 3.49. The van der Waals surface area contributed by atoms with Gasteiger partial charge in [0.25, 0.3) is 0 Å². The molecule has 5 heteroatoms.